The van der Waals surface area contributed by atoms with Crippen LogP contribution < -0.4 is 5.32 Å². The van der Waals surface area contributed by atoms with Gasteiger partial charge in [0, 0.05) is 41.6 Å². The number of benzene rings is 1. The Morgan fingerprint density at radius 2 is 1.73 bits per heavy atom. The van der Waals surface area contributed by atoms with Crippen LogP contribution in [0.1, 0.15) is 76.0 Å². The zero-order valence-electron chi connectivity index (χ0n) is 19.7. The molecule has 2 heterocycles. The number of nitrogens with one attached hydrogen (secondary N) is 2. The highest BCUT2D eigenvalue weighted by molar-refractivity contribution is 7.89. The number of rotatable bonds is 4. The number of sulfonamides is 1. The number of aromatic amines is 1. The average Bonchev–Trinajstić information content (AvgIpc) is 3.00. The van der Waals surface area contributed by atoms with Crippen LogP contribution in [0.25, 0.3) is 10.9 Å². The van der Waals surface area contributed by atoms with Crippen molar-refractivity contribution in [2.45, 2.75) is 88.5 Å². The second-order valence-electron chi connectivity index (χ2n) is 10.5. The van der Waals surface area contributed by atoms with E-state index < -0.39 is 10.0 Å². The molecule has 1 aliphatic heterocycles. The molecule has 0 radical (unpaired) electrons. The Morgan fingerprint density at radius 1 is 1.00 bits per heavy atom. The maximum Gasteiger partial charge on any atom is 0.243 e. The average molecular weight is 472 g/mol. The third-order valence-electron chi connectivity index (χ3n) is 8.14. The van der Waals surface area contributed by atoms with Gasteiger partial charge in [-0.25, -0.2) is 8.42 Å². The molecule has 2 N–H and O–H groups in total. The van der Waals surface area contributed by atoms with E-state index in [0.717, 1.165) is 48.9 Å². The summed E-state index contributed by atoms with van der Waals surface area (Å²) in [6.07, 6.45) is 11.3. The van der Waals surface area contributed by atoms with Crippen LogP contribution in [-0.2, 0) is 27.7 Å². The molecule has 0 bridgehead atoms. The van der Waals surface area contributed by atoms with Gasteiger partial charge in [0.25, 0.3) is 0 Å². The molecule has 1 aromatic heterocycles. The second-order valence-corrected chi connectivity index (χ2v) is 12.4. The minimum absolute atomic E-state index is 0.0845. The molecule has 1 amide bonds. The molecule has 33 heavy (non-hydrogen) atoms. The van der Waals surface area contributed by atoms with E-state index in [9.17, 15) is 13.2 Å². The van der Waals surface area contributed by atoms with E-state index in [1.165, 1.54) is 36.9 Å². The lowest BCUT2D eigenvalue weighted by atomic mass is 9.87. The van der Waals surface area contributed by atoms with Crippen LogP contribution in [0, 0.1) is 11.8 Å². The molecule has 1 saturated heterocycles. The smallest absolute Gasteiger partial charge is 0.243 e. The Bertz CT molecular complexity index is 1110. The molecule has 7 heteroatoms. The summed E-state index contributed by atoms with van der Waals surface area (Å²) in [5, 5.41) is 4.29. The number of aromatic nitrogens is 1. The minimum atomic E-state index is -3.56. The van der Waals surface area contributed by atoms with E-state index in [1.807, 2.05) is 12.1 Å². The van der Waals surface area contributed by atoms with Crippen molar-refractivity contribution in [2.24, 2.45) is 11.8 Å². The highest BCUT2D eigenvalue weighted by atomic mass is 32.2. The fourth-order valence-corrected chi connectivity index (χ4v) is 7.45. The molecular formula is C26H37N3O3S. The van der Waals surface area contributed by atoms with Gasteiger partial charge in [0.2, 0.25) is 15.9 Å². The summed E-state index contributed by atoms with van der Waals surface area (Å²) in [5.41, 5.74) is 3.61. The van der Waals surface area contributed by atoms with Crippen molar-refractivity contribution >= 4 is 26.8 Å². The van der Waals surface area contributed by atoms with E-state index in [4.69, 9.17) is 0 Å². The fraction of sp³-hybridized carbons (Fsp3) is 0.654. The lowest BCUT2D eigenvalue weighted by Crippen LogP contribution is -2.46. The van der Waals surface area contributed by atoms with Gasteiger partial charge in [-0.05, 0) is 93.9 Å². The van der Waals surface area contributed by atoms with Gasteiger partial charge in [-0.2, -0.15) is 4.31 Å². The van der Waals surface area contributed by atoms with Gasteiger partial charge in [-0.15, -0.1) is 0 Å². The Kier molecular flexibility index (Phi) is 6.54. The molecular weight excluding hydrogens is 434 g/mol. The molecule has 180 valence electrons. The van der Waals surface area contributed by atoms with Crippen molar-refractivity contribution in [2.75, 3.05) is 13.1 Å². The molecule has 0 unspecified atom stereocenters. The van der Waals surface area contributed by atoms with Crippen LogP contribution >= 0.6 is 0 Å². The number of hydrogen-bond donors (Lipinski definition) is 2. The van der Waals surface area contributed by atoms with Crippen molar-refractivity contribution in [3.63, 3.8) is 0 Å². The summed E-state index contributed by atoms with van der Waals surface area (Å²) >= 11 is 0. The van der Waals surface area contributed by atoms with Crippen molar-refractivity contribution in [3.8, 4) is 0 Å². The molecule has 2 aliphatic carbocycles. The number of piperidine rings is 1. The highest BCUT2D eigenvalue weighted by Gasteiger charge is 2.33. The maximum absolute atomic E-state index is 13.4. The number of carbonyl (C=O) groups excluding carboxylic acids is 1. The zero-order chi connectivity index (χ0) is 23.0. The van der Waals surface area contributed by atoms with Crippen molar-refractivity contribution < 1.29 is 13.2 Å². The van der Waals surface area contributed by atoms with Crippen molar-refractivity contribution in [1.29, 1.82) is 0 Å². The van der Waals surface area contributed by atoms with Crippen molar-refractivity contribution in [3.05, 3.63) is 29.5 Å². The van der Waals surface area contributed by atoms with Crippen LogP contribution in [0.2, 0.25) is 0 Å². The van der Waals surface area contributed by atoms with Gasteiger partial charge in [0.1, 0.15) is 0 Å². The quantitative estimate of drug-likeness (QED) is 0.643. The first kappa shape index (κ1) is 22.9. The number of carbonyl (C=O) groups is 1. The Labute approximate surface area is 197 Å². The van der Waals surface area contributed by atoms with E-state index in [1.54, 1.807) is 10.4 Å². The third-order valence-corrected chi connectivity index (χ3v) is 10.0. The van der Waals surface area contributed by atoms with Gasteiger partial charge in [0.05, 0.1) is 4.90 Å². The zero-order valence-corrected chi connectivity index (χ0v) is 20.6. The second kappa shape index (κ2) is 9.41. The Balaban J connectivity index is 1.25. The SMILES string of the molecule is CC1CCC(NC(=O)C2CCN(S(=O)(=O)c3ccc4[nH]c5c(c4c3)CCCCC5)CC2)CC1. The Morgan fingerprint density at radius 3 is 2.48 bits per heavy atom. The van der Waals surface area contributed by atoms with Crippen molar-refractivity contribution in [1.82, 2.24) is 14.6 Å². The monoisotopic (exact) mass is 471 g/mol. The lowest BCUT2D eigenvalue weighted by molar-refractivity contribution is -0.127. The molecule has 6 nitrogen and oxygen atoms in total. The number of aryl methyl sites for hydroxylation is 2. The number of H-pyrrole nitrogens is 1. The predicted molar refractivity (Wildman–Crippen MR) is 131 cm³/mol. The minimum Gasteiger partial charge on any atom is -0.358 e. The normalized spacial score (nSPS) is 25.5. The lowest BCUT2D eigenvalue weighted by Gasteiger charge is -2.33. The molecule has 2 fully saturated rings. The number of amides is 1. The van der Waals surface area contributed by atoms with Crippen LogP contribution in [0.4, 0.5) is 0 Å². The van der Waals surface area contributed by atoms with Crippen LogP contribution in [-0.4, -0.2) is 42.7 Å². The topological polar surface area (TPSA) is 82.3 Å². The molecule has 2 aromatic rings. The van der Waals surface area contributed by atoms with E-state index in [2.05, 4.69) is 17.2 Å². The fourth-order valence-electron chi connectivity index (χ4n) is 5.95. The summed E-state index contributed by atoms with van der Waals surface area (Å²) in [6, 6.07) is 5.81. The maximum atomic E-state index is 13.4. The number of hydrogen-bond acceptors (Lipinski definition) is 3. The molecule has 3 aliphatic rings. The van der Waals surface area contributed by atoms with E-state index in [0.29, 0.717) is 36.9 Å². The first-order valence-electron chi connectivity index (χ1n) is 12.9. The molecule has 0 atom stereocenters. The standard InChI is InChI=1S/C26H37N3O3S/c1-18-7-9-20(10-8-18)27-26(30)19-13-15-29(16-14-19)33(31,32)21-11-12-25-23(17-21)22-5-3-2-4-6-24(22)28-25/h11-12,17-20,28H,2-10,13-16H2,1H3,(H,27,30). The van der Waals surface area contributed by atoms with Crippen LogP contribution in [0.5, 0.6) is 0 Å². The molecule has 1 aromatic carbocycles. The van der Waals surface area contributed by atoms with Gasteiger partial charge in [-0.1, -0.05) is 13.3 Å². The summed E-state index contributed by atoms with van der Waals surface area (Å²) in [6.45, 7) is 3.09. The van der Waals surface area contributed by atoms with Gasteiger partial charge in [-0.3, -0.25) is 4.79 Å². The highest BCUT2D eigenvalue weighted by Crippen LogP contribution is 2.32. The van der Waals surface area contributed by atoms with E-state index in [-0.39, 0.29) is 11.8 Å². The molecule has 1 saturated carbocycles. The molecule has 0 spiro atoms. The summed E-state index contributed by atoms with van der Waals surface area (Å²) in [7, 11) is -3.56. The van der Waals surface area contributed by atoms with Gasteiger partial charge < -0.3 is 10.3 Å². The first-order chi connectivity index (χ1) is 15.9. The largest absolute Gasteiger partial charge is 0.358 e. The summed E-state index contributed by atoms with van der Waals surface area (Å²) in [5.74, 6) is 0.786. The first-order valence-corrected chi connectivity index (χ1v) is 14.3. The number of nitrogens with zero attached hydrogens (tertiary/aromatic N) is 1. The third kappa shape index (κ3) is 4.72. The van der Waals surface area contributed by atoms with Gasteiger partial charge >= 0.3 is 0 Å². The predicted octanol–water partition coefficient (Wildman–Crippen LogP) is 4.53. The Hall–Kier alpha value is -1.86. The number of fused-ring (bicyclic) bond motifs is 3. The van der Waals surface area contributed by atoms with Crippen LogP contribution in [0.3, 0.4) is 0 Å². The van der Waals surface area contributed by atoms with E-state index >= 15 is 0 Å². The summed E-state index contributed by atoms with van der Waals surface area (Å²) < 4.78 is 28.4. The molecule has 5 rings (SSSR count). The van der Waals surface area contributed by atoms with Crippen LogP contribution in [0.15, 0.2) is 23.1 Å². The van der Waals surface area contributed by atoms with Gasteiger partial charge in [0.15, 0.2) is 0 Å². The summed E-state index contributed by atoms with van der Waals surface area (Å²) in [4.78, 5) is 16.7.